The van der Waals surface area contributed by atoms with Gasteiger partial charge in [-0.25, -0.2) is 0 Å². The molecule has 0 radical (unpaired) electrons. The van der Waals surface area contributed by atoms with Crippen molar-refractivity contribution in [3.05, 3.63) is 35.4 Å². The highest BCUT2D eigenvalue weighted by atomic mass is 32.2. The van der Waals surface area contributed by atoms with Crippen molar-refractivity contribution < 1.29 is 18.0 Å². The van der Waals surface area contributed by atoms with Crippen LogP contribution in [0.1, 0.15) is 23.4 Å². The van der Waals surface area contributed by atoms with Crippen molar-refractivity contribution in [3.63, 3.8) is 0 Å². The van der Waals surface area contributed by atoms with Crippen LogP contribution in [0.15, 0.2) is 24.3 Å². The minimum absolute atomic E-state index is 0.169. The van der Waals surface area contributed by atoms with Crippen molar-refractivity contribution >= 4 is 17.7 Å². The van der Waals surface area contributed by atoms with E-state index in [4.69, 9.17) is 0 Å². The van der Waals surface area contributed by atoms with E-state index in [0.717, 1.165) is 6.07 Å². The van der Waals surface area contributed by atoms with Crippen LogP contribution in [-0.4, -0.2) is 23.1 Å². The van der Waals surface area contributed by atoms with Gasteiger partial charge in [-0.15, -0.1) is 11.8 Å². The van der Waals surface area contributed by atoms with Gasteiger partial charge in [0.2, 0.25) is 5.91 Å². The summed E-state index contributed by atoms with van der Waals surface area (Å²) in [5.74, 6) is 0.471. The molecule has 1 saturated heterocycles. The number of alkyl halides is 3. The molecule has 1 aliphatic rings. The third-order valence-corrected chi connectivity index (χ3v) is 4.07. The van der Waals surface area contributed by atoms with E-state index in [-0.39, 0.29) is 11.5 Å². The van der Waals surface area contributed by atoms with Gasteiger partial charge in [-0.05, 0) is 11.6 Å². The molecule has 1 fully saturated rings. The minimum Gasteiger partial charge on any atom is -0.326 e. The first-order valence-electron chi connectivity index (χ1n) is 5.46. The van der Waals surface area contributed by atoms with Crippen molar-refractivity contribution in [1.29, 1.82) is 0 Å². The summed E-state index contributed by atoms with van der Waals surface area (Å²) in [5.41, 5.74) is -0.488. The van der Waals surface area contributed by atoms with Crippen LogP contribution in [0.5, 0.6) is 0 Å². The van der Waals surface area contributed by atoms with E-state index < -0.39 is 17.1 Å². The fourth-order valence-corrected chi connectivity index (χ4v) is 3.36. The number of rotatable bonds is 1. The summed E-state index contributed by atoms with van der Waals surface area (Å²) in [5, 5.41) is -0.527. The Morgan fingerprint density at radius 1 is 1.39 bits per heavy atom. The third-order valence-electron chi connectivity index (χ3n) is 2.83. The van der Waals surface area contributed by atoms with Gasteiger partial charge in [0, 0.05) is 19.2 Å². The third kappa shape index (κ3) is 2.48. The summed E-state index contributed by atoms with van der Waals surface area (Å²) >= 11 is 1.37. The van der Waals surface area contributed by atoms with Gasteiger partial charge >= 0.3 is 6.18 Å². The Balaban J connectivity index is 2.42. The molecule has 1 aliphatic heterocycles. The normalized spacial score (nSPS) is 20.2. The molecule has 0 N–H and O–H groups in total. The number of nitrogens with zero attached hydrogens (tertiary/aromatic N) is 1. The first-order valence-corrected chi connectivity index (χ1v) is 6.51. The Morgan fingerprint density at radius 3 is 2.67 bits per heavy atom. The molecule has 0 spiro atoms. The maximum Gasteiger partial charge on any atom is 0.416 e. The molecule has 0 bridgehead atoms. The monoisotopic (exact) mass is 275 g/mol. The van der Waals surface area contributed by atoms with Gasteiger partial charge in [0.25, 0.3) is 0 Å². The SMILES string of the molecule is CC(=O)N1CCSC1c1ccccc1C(F)(F)F. The van der Waals surface area contributed by atoms with Crippen LogP contribution >= 0.6 is 11.8 Å². The molecule has 6 heteroatoms. The Morgan fingerprint density at radius 2 is 2.06 bits per heavy atom. The summed E-state index contributed by atoms with van der Waals surface area (Å²) in [6.07, 6.45) is -4.39. The lowest BCUT2D eigenvalue weighted by Gasteiger charge is -2.25. The van der Waals surface area contributed by atoms with Crippen LogP contribution in [0.3, 0.4) is 0 Å². The number of carbonyl (C=O) groups is 1. The summed E-state index contributed by atoms with van der Waals surface area (Å²) in [6, 6.07) is 5.44. The number of thioether (sulfide) groups is 1. The van der Waals surface area contributed by atoms with Crippen molar-refractivity contribution in [2.45, 2.75) is 18.5 Å². The van der Waals surface area contributed by atoms with Crippen molar-refractivity contribution in [2.24, 2.45) is 0 Å². The van der Waals surface area contributed by atoms with Gasteiger partial charge in [0.1, 0.15) is 5.37 Å². The average Bonchev–Trinajstić information content (AvgIpc) is 2.76. The lowest BCUT2D eigenvalue weighted by molar-refractivity contribution is -0.139. The lowest BCUT2D eigenvalue weighted by Crippen LogP contribution is -2.29. The number of benzene rings is 1. The van der Waals surface area contributed by atoms with Crippen LogP contribution in [0.2, 0.25) is 0 Å². The van der Waals surface area contributed by atoms with Crippen LogP contribution in [0.25, 0.3) is 0 Å². The zero-order valence-electron chi connectivity index (χ0n) is 9.70. The van der Waals surface area contributed by atoms with Crippen LogP contribution in [0.4, 0.5) is 13.2 Å². The molecule has 1 aromatic rings. The summed E-state index contributed by atoms with van der Waals surface area (Å²) < 4.78 is 38.8. The molecule has 0 aliphatic carbocycles. The highest BCUT2D eigenvalue weighted by molar-refractivity contribution is 7.99. The second-order valence-electron chi connectivity index (χ2n) is 4.02. The fourth-order valence-electron chi connectivity index (χ4n) is 2.02. The molecular formula is C12H12F3NOS. The average molecular weight is 275 g/mol. The number of carbonyl (C=O) groups excluding carboxylic acids is 1. The largest absolute Gasteiger partial charge is 0.416 e. The molecule has 98 valence electrons. The quantitative estimate of drug-likeness (QED) is 0.783. The standard InChI is InChI=1S/C12H12F3NOS/c1-8(17)16-6-7-18-11(16)9-4-2-3-5-10(9)12(13,14)15/h2-5,11H,6-7H2,1H3. The summed E-state index contributed by atoms with van der Waals surface area (Å²) in [4.78, 5) is 12.9. The van der Waals surface area contributed by atoms with Gasteiger partial charge in [-0.1, -0.05) is 18.2 Å². The van der Waals surface area contributed by atoms with E-state index in [1.54, 1.807) is 6.07 Å². The number of halogens is 3. The van der Waals surface area contributed by atoms with E-state index >= 15 is 0 Å². The number of amides is 1. The van der Waals surface area contributed by atoms with Crippen LogP contribution < -0.4 is 0 Å². The van der Waals surface area contributed by atoms with E-state index in [2.05, 4.69) is 0 Å². The Labute approximate surface area is 107 Å². The smallest absolute Gasteiger partial charge is 0.326 e. The molecule has 0 aromatic heterocycles. The molecular weight excluding hydrogens is 263 g/mol. The van der Waals surface area contributed by atoms with Gasteiger partial charge in [-0.3, -0.25) is 4.79 Å². The summed E-state index contributed by atoms with van der Waals surface area (Å²) in [7, 11) is 0. The maximum atomic E-state index is 12.9. The Hall–Kier alpha value is -1.17. The molecule has 2 rings (SSSR count). The zero-order valence-corrected chi connectivity index (χ0v) is 10.5. The first-order chi connectivity index (χ1) is 8.41. The van der Waals surface area contributed by atoms with Crippen molar-refractivity contribution in [3.8, 4) is 0 Å². The van der Waals surface area contributed by atoms with E-state index in [9.17, 15) is 18.0 Å². The predicted octanol–water partition coefficient (Wildman–Crippen LogP) is 3.30. The van der Waals surface area contributed by atoms with Crippen molar-refractivity contribution in [1.82, 2.24) is 4.90 Å². The van der Waals surface area contributed by atoms with E-state index in [1.807, 2.05) is 0 Å². The highest BCUT2D eigenvalue weighted by Gasteiger charge is 2.38. The van der Waals surface area contributed by atoms with E-state index in [1.165, 1.54) is 35.7 Å². The minimum atomic E-state index is -4.39. The van der Waals surface area contributed by atoms with Crippen LogP contribution in [0, 0.1) is 0 Å². The topological polar surface area (TPSA) is 20.3 Å². The Kier molecular flexibility index (Phi) is 3.56. The molecule has 1 unspecified atom stereocenters. The fraction of sp³-hybridized carbons (Fsp3) is 0.417. The molecule has 0 saturated carbocycles. The second kappa shape index (κ2) is 4.84. The first kappa shape index (κ1) is 13.3. The lowest BCUT2D eigenvalue weighted by atomic mass is 10.1. The maximum absolute atomic E-state index is 12.9. The van der Waals surface area contributed by atoms with Crippen LogP contribution in [-0.2, 0) is 11.0 Å². The van der Waals surface area contributed by atoms with E-state index in [0.29, 0.717) is 12.3 Å². The summed E-state index contributed by atoms with van der Waals surface area (Å²) in [6.45, 7) is 1.88. The van der Waals surface area contributed by atoms with Gasteiger partial charge in [-0.2, -0.15) is 13.2 Å². The Bertz CT molecular complexity index is 461. The molecule has 1 aromatic carbocycles. The van der Waals surface area contributed by atoms with Gasteiger partial charge < -0.3 is 4.90 Å². The van der Waals surface area contributed by atoms with Gasteiger partial charge in [0.05, 0.1) is 5.56 Å². The molecule has 1 amide bonds. The number of hydrogen-bond acceptors (Lipinski definition) is 2. The second-order valence-corrected chi connectivity index (χ2v) is 5.21. The molecule has 1 heterocycles. The molecule has 1 atom stereocenters. The zero-order chi connectivity index (χ0) is 13.3. The molecule has 18 heavy (non-hydrogen) atoms. The number of hydrogen-bond donors (Lipinski definition) is 0. The molecule has 2 nitrogen and oxygen atoms in total. The van der Waals surface area contributed by atoms with Gasteiger partial charge in [0.15, 0.2) is 0 Å². The highest BCUT2D eigenvalue weighted by Crippen LogP contribution is 2.43. The van der Waals surface area contributed by atoms with Crippen molar-refractivity contribution in [2.75, 3.05) is 12.3 Å². The predicted molar refractivity (Wildman–Crippen MR) is 64.0 cm³/mol.